The maximum atomic E-state index is 12.5. The predicted octanol–water partition coefficient (Wildman–Crippen LogP) is 3.65. The Bertz CT molecular complexity index is 339. The summed E-state index contributed by atoms with van der Waals surface area (Å²) in [5, 5.41) is 3.90. The van der Waals surface area contributed by atoms with Crippen LogP contribution in [0.3, 0.4) is 0 Å². The lowest BCUT2D eigenvalue weighted by molar-refractivity contribution is 0.143. The van der Waals surface area contributed by atoms with Crippen molar-refractivity contribution < 1.29 is 8.78 Å². The third-order valence-corrected chi connectivity index (χ3v) is 2.86. The Labute approximate surface area is 90.4 Å². The largest absolute Gasteiger partial charge is 0.282 e. The molecule has 0 unspecified atom stereocenters. The average molecular weight is 267 g/mol. The number of aromatic nitrogens is 2. The van der Waals surface area contributed by atoms with E-state index in [-0.39, 0.29) is 11.2 Å². The van der Waals surface area contributed by atoms with E-state index in [9.17, 15) is 8.78 Å². The van der Waals surface area contributed by atoms with Gasteiger partial charge in [-0.05, 0) is 43.6 Å². The van der Waals surface area contributed by atoms with Crippen molar-refractivity contribution in [2.45, 2.75) is 39.7 Å². The van der Waals surface area contributed by atoms with Crippen molar-refractivity contribution in [3.05, 3.63) is 15.9 Å². The zero-order valence-electron chi connectivity index (χ0n) is 8.61. The SMILES string of the molecule is Cc1c(C(F)F)nn(C(C)(C)C)c1Br. The number of hydrogen-bond acceptors (Lipinski definition) is 1. The third-order valence-electron chi connectivity index (χ3n) is 1.93. The molecule has 0 saturated carbocycles. The van der Waals surface area contributed by atoms with Crippen LogP contribution in [0.15, 0.2) is 4.60 Å². The van der Waals surface area contributed by atoms with Gasteiger partial charge in [-0.25, -0.2) is 8.78 Å². The minimum absolute atomic E-state index is 0.146. The van der Waals surface area contributed by atoms with Crippen molar-refractivity contribution >= 4 is 15.9 Å². The first-order valence-electron chi connectivity index (χ1n) is 4.28. The van der Waals surface area contributed by atoms with Crippen molar-refractivity contribution in [3.8, 4) is 0 Å². The Hall–Kier alpha value is -0.450. The van der Waals surface area contributed by atoms with E-state index >= 15 is 0 Å². The summed E-state index contributed by atoms with van der Waals surface area (Å²) in [7, 11) is 0. The summed E-state index contributed by atoms with van der Waals surface area (Å²) < 4.78 is 27.2. The van der Waals surface area contributed by atoms with E-state index in [0.717, 1.165) is 0 Å². The molecule has 2 nitrogen and oxygen atoms in total. The Kier molecular flexibility index (Phi) is 2.99. The molecule has 5 heteroatoms. The molecule has 0 amide bonds. The maximum absolute atomic E-state index is 12.5. The normalized spacial score (nSPS) is 12.6. The van der Waals surface area contributed by atoms with Crippen LogP contribution in [0.1, 0.15) is 38.5 Å². The number of alkyl halides is 2. The topological polar surface area (TPSA) is 17.8 Å². The summed E-state index contributed by atoms with van der Waals surface area (Å²) in [5.74, 6) is 0. The Balaban J connectivity index is 3.29. The second-order valence-corrected chi connectivity index (χ2v) is 4.94. The predicted molar refractivity (Wildman–Crippen MR) is 54.6 cm³/mol. The van der Waals surface area contributed by atoms with Gasteiger partial charge in [0.15, 0.2) is 0 Å². The molecule has 14 heavy (non-hydrogen) atoms. The molecule has 0 spiro atoms. The van der Waals surface area contributed by atoms with Crippen LogP contribution in [-0.4, -0.2) is 9.78 Å². The summed E-state index contributed by atoms with van der Waals surface area (Å²) in [6, 6.07) is 0. The summed E-state index contributed by atoms with van der Waals surface area (Å²) >= 11 is 3.27. The van der Waals surface area contributed by atoms with Gasteiger partial charge in [-0.15, -0.1) is 0 Å². The van der Waals surface area contributed by atoms with Crippen LogP contribution in [0.2, 0.25) is 0 Å². The molecule has 0 atom stereocenters. The van der Waals surface area contributed by atoms with Crippen LogP contribution >= 0.6 is 15.9 Å². The number of hydrogen-bond donors (Lipinski definition) is 0. The lowest BCUT2D eigenvalue weighted by Crippen LogP contribution is -2.23. The summed E-state index contributed by atoms with van der Waals surface area (Å²) in [6.45, 7) is 7.39. The van der Waals surface area contributed by atoms with E-state index in [2.05, 4.69) is 21.0 Å². The Morgan fingerprint density at radius 1 is 1.36 bits per heavy atom. The van der Waals surface area contributed by atoms with Crippen LogP contribution in [0, 0.1) is 6.92 Å². The maximum Gasteiger partial charge on any atom is 0.282 e. The average Bonchev–Trinajstić information content (AvgIpc) is 2.28. The van der Waals surface area contributed by atoms with Crippen molar-refractivity contribution in [3.63, 3.8) is 0 Å². The lowest BCUT2D eigenvalue weighted by Gasteiger charge is -2.20. The van der Waals surface area contributed by atoms with E-state index in [0.29, 0.717) is 10.2 Å². The van der Waals surface area contributed by atoms with Crippen molar-refractivity contribution in [2.24, 2.45) is 0 Å². The third kappa shape index (κ3) is 1.97. The molecule has 0 aromatic carbocycles. The highest BCUT2D eigenvalue weighted by Gasteiger charge is 2.25. The molecular formula is C9H13BrF2N2. The van der Waals surface area contributed by atoms with Gasteiger partial charge in [-0.2, -0.15) is 5.10 Å². The number of rotatable bonds is 1. The van der Waals surface area contributed by atoms with E-state index in [1.807, 2.05) is 20.8 Å². The van der Waals surface area contributed by atoms with Gasteiger partial charge in [0.1, 0.15) is 10.3 Å². The Morgan fingerprint density at radius 3 is 2.07 bits per heavy atom. The molecule has 0 aliphatic carbocycles. The van der Waals surface area contributed by atoms with E-state index in [1.54, 1.807) is 11.6 Å². The summed E-state index contributed by atoms with van der Waals surface area (Å²) in [6.07, 6.45) is -2.52. The van der Waals surface area contributed by atoms with Crippen LogP contribution in [0.25, 0.3) is 0 Å². The van der Waals surface area contributed by atoms with Crippen LogP contribution in [-0.2, 0) is 5.54 Å². The molecule has 80 valence electrons. The van der Waals surface area contributed by atoms with E-state index < -0.39 is 6.43 Å². The fourth-order valence-electron chi connectivity index (χ4n) is 1.14. The van der Waals surface area contributed by atoms with Crippen LogP contribution in [0.5, 0.6) is 0 Å². The van der Waals surface area contributed by atoms with E-state index in [4.69, 9.17) is 0 Å². The summed E-state index contributed by atoms with van der Waals surface area (Å²) in [5.41, 5.74) is 0.0678. The number of nitrogens with zero attached hydrogens (tertiary/aromatic N) is 2. The highest BCUT2D eigenvalue weighted by molar-refractivity contribution is 9.10. The van der Waals surface area contributed by atoms with Gasteiger partial charge in [-0.3, -0.25) is 4.68 Å². The van der Waals surface area contributed by atoms with Gasteiger partial charge in [0, 0.05) is 5.56 Å². The second kappa shape index (κ2) is 3.61. The Morgan fingerprint density at radius 2 is 1.86 bits per heavy atom. The van der Waals surface area contributed by atoms with Gasteiger partial charge in [0.05, 0.1) is 5.54 Å². The van der Waals surface area contributed by atoms with Gasteiger partial charge in [0.25, 0.3) is 6.43 Å². The monoisotopic (exact) mass is 266 g/mol. The highest BCUT2D eigenvalue weighted by atomic mass is 79.9. The molecular weight excluding hydrogens is 254 g/mol. The molecule has 0 aliphatic heterocycles. The molecule has 0 fully saturated rings. The first-order valence-corrected chi connectivity index (χ1v) is 5.08. The van der Waals surface area contributed by atoms with Gasteiger partial charge in [0.2, 0.25) is 0 Å². The molecule has 0 N–H and O–H groups in total. The van der Waals surface area contributed by atoms with Gasteiger partial charge >= 0.3 is 0 Å². The quantitative estimate of drug-likeness (QED) is 0.759. The highest BCUT2D eigenvalue weighted by Crippen LogP contribution is 2.30. The fourth-order valence-corrected chi connectivity index (χ4v) is 1.96. The molecule has 1 aromatic rings. The molecule has 0 bridgehead atoms. The first-order chi connectivity index (χ1) is 6.25. The first kappa shape index (κ1) is 11.6. The van der Waals surface area contributed by atoms with E-state index in [1.165, 1.54) is 0 Å². The number of halogens is 3. The molecule has 0 aliphatic rings. The molecule has 0 saturated heterocycles. The molecule has 1 aromatic heterocycles. The van der Waals surface area contributed by atoms with Crippen LogP contribution < -0.4 is 0 Å². The zero-order valence-corrected chi connectivity index (χ0v) is 10.2. The second-order valence-electron chi connectivity index (χ2n) is 4.18. The molecule has 0 radical (unpaired) electrons. The minimum atomic E-state index is -2.52. The van der Waals surface area contributed by atoms with Gasteiger partial charge in [-0.1, -0.05) is 0 Å². The van der Waals surface area contributed by atoms with Crippen molar-refractivity contribution in [1.82, 2.24) is 9.78 Å². The minimum Gasteiger partial charge on any atom is -0.252 e. The molecule has 1 rings (SSSR count). The van der Waals surface area contributed by atoms with Crippen molar-refractivity contribution in [1.29, 1.82) is 0 Å². The molecule has 1 heterocycles. The fraction of sp³-hybridized carbons (Fsp3) is 0.667. The van der Waals surface area contributed by atoms with Gasteiger partial charge < -0.3 is 0 Å². The standard InChI is InChI=1S/C9H13BrF2N2/c1-5-6(8(11)12)13-14(7(5)10)9(2,3)4/h8H,1-4H3. The van der Waals surface area contributed by atoms with Crippen LogP contribution in [0.4, 0.5) is 8.78 Å². The summed E-state index contributed by atoms with van der Waals surface area (Å²) in [4.78, 5) is 0. The smallest absolute Gasteiger partial charge is 0.252 e. The zero-order chi connectivity index (χ0) is 11.1. The van der Waals surface area contributed by atoms with Crippen molar-refractivity contribution in [2.75, 3.05) is 0 Å². The lowest BCUT2D eigenvalue weighted by atomic mass is 10.1.